The highest BCUT2D eigenvalue weighted by molar-refractivity contribution is 14.1. The van der Waals surface area contributed by atoms with Crippen LogP contribution in [0, 0.1) is 10.5 Å². The summed E-state index contributed by atoms with van der Waals surface area (Å²) in [5.41, 5.74) is 2.07. The van der Waals surface area contributed by atoms with Crippen molar-refractivity contribution in [3.05, 3.63) is 44.9 Å². The summed E-state index contributed by atoms with van der Waals surface area (Å²) < 4.78 is 6.09. The van der Waals surface area contributed by atoms with Crippen molar-refractivity contribution in [3.8, 4) is 0 Å². The predicted molar refractivity (Wildman–Crippen MR) is 74.7 cm³/mol. The Bertz CT molecular complexity index is 580. The molecule has 0 spiro atoms. The number of nitrogens with zero attached hydrogens (tertiary/aromatic N) is 1. The van der Waals surface area contributed by atoms with E-state index >= 15 is 0 Å². The number of rotatable bonds is 4. The van der Waals surface area contributed by atoms with E-state index in [9.17, 15) is 4.79 Å². The van der Waals surface area contributed by atoms with E-state index in [1.807, 2.05) is 25.1 Å². The van der Waals surface area contributed by atoms with E-state index in [4.69, 9.17) is 9.63 Å². The molecule has 0 aliphatic carbocycles. The maximum Gasteiger partial charge on any atom is 0.358 e. The van der Waals surface area contributed by atoms with Crippen LogP contribution in [-0.2, 0) is 6.54 Å². The van der Waals surface area contributed by atoms with Crippen LogP contribution in [0.4, 0.5) is 5.69 Å². The molecule has 94 valence electrons. The zero-order chi connectivity index (χ0) is 13.1. The minimum atomic E-state index is -1.09. The molecule has 1 aromatic carbocycles. The molecule has 0 fully saturated rings. The Hall–Kier alpha value is -1.57. The first-order valence-corrected chi connectivity index (χ1v) is 6.33. The monoisotopic (exact) mass is 358 g/mol. The van der Waals surface area contributed by atoms with Gasteiger partial charge in [0.2, 0.25) is 0 Å². The summed E-state index contributed by atoms with van der Waals surface area (Å²) in [5.74, 6) is -0.596. The number of hydrogen-bond donors (Lipinski definition) is 2. The van der Waals surface area contributed by atoms with Crippen LogP contribution in [0.5, 0.6) is 0 Å². The van der Waals surface area contributed by atoms with Crippen LogP contribution in [0.1, 0.15) is 21.8 Å². The third kappa shape index (κ3) is 2.81. The molecule has 0 saturated carbocycles. The highest BCUT2D eigenvalue weighted by Gasteiger charge is 2.10. The van der Waals surface area contributed by atoms with Gasteiger partial charge in [-0.3, -0.25) is 0 Å². The molecule has 0 radical (unpaired) electrons. The van der Waals surface area contributed by atoms with E-state index < -0.39 is 5.97 Å². The van der Waals surface area contributed by atoms with Crippen LogP contribution in [0.2, 0.25) is 0 Å². The topological polar surface area (TPSA) is 75.4 Å². The quantitative estimate of drug-likeness (QED) is 0.823. The van der Waals surface area contributed by atoms with Gasteiger partial charge in [0.15, 0.2) is 11.5 Å². The lowest BCUT2D eigenvalue weighted by atomic mass is 10.2. The summed E-state index contributed by atoms with van der Waals surface area (Å²) in [7, 11) is 0. The smallest absolute Gasteiger partial charge is 0.358 e. The molecule has 2 rings (SSSR count). The number of halogens is 1. The fourth-order valence-corrected chi connectivity index (χ4v) is 1.98. The van der Waals surface area contributed by atoms with Gasteiger partial charge in [-0.2, -0.15) is 0 Å². The number of carboxylic acids is 1. The van der Waals surface area contributed by atoms with Gasteiger partial charge in [0.1, 0.15) is 0 Å². The van der Waals surface area contributed by atoms with E-state index in [0.29, 0.717) is 12.3 Å². The lowest BCUT2D eigenvalue weighted by Crippen LogP contribution is -2.01. The standard InChI is InChI=1S/C12H11IN2O3/c1-7-9(13)3-2-4-10(7)14-6-8-5-11(12(16)17)15-18-8/h2-5,14H,6H2,1H3,(H,16,17). The molecule has 0 aliphatic rings. The van der Waals surface area contributed by atoms with E-state index in [0.717, 1.165) is 11.3 Å². The predicted octanol–water partition coefficient (Wildman–Crippen LogP) is 2.90. The number of carbonyl (C=O) groups is 1. The zero-order valence-corrected chi connectivity index (χ0v) is 11.8. The van der Waals surface area contributed by atoms with Gasteiger partial charge < -0.3 is 14.9 Å². The van der Waals surface area contributed by atoms with Crippen LogP contribution in [0.15, 0.2) is 28.8 Å². The number of aromatic nitrogens is 1. The third-order valence-corrected chi connectivity index (χ3v) is 3.67. The molecule has 0 unspecified atom stereocenters. The first kappa shape index (κ1) is 12.9. The Morgan fingerprint density at radius 1 is 1.56 bits per heavy atom. The maximum atomic E-state index is 10.6. The Morgan fingerprint density at radius 3 is 3.00 bits per heavy atom. The second-order valence-corrected chi connectivity index (χ2v) is 4.91. The van der Waals surface area contributed by atoms with Gasteiger partial charge in [-0.1, -0.05) is 11.2 Å². The normalized spacial score (nSPS) is 10.3. The fourth-order valence-electron chi connectivity index (χ4n) is 1.48. The summed E-state index contributed by atoms with van der Waals surface area (Å²) in [6.45, 7) is 2.42. The molecule has 0 saturated heterocycles. The van der Waals surface area contributed by atoms with Gasteiger partial charge in [-0.25, -0.2) is 4.79 Å². The molecule has 2 aromatic rings. The van der Waals surface area contributed by atoms with E-state index in [2.05, 4.69) is 33.1 Å². The van der Waals surface area contributed by atoms with Gasteiger partial charge in [-0.05, 0) is 47.2 Å². The summed E-state index contributed by atoms with van der Waals surface area (Å²) in [6, 6.07) is 7.36. The minimum absolute atomic E-state index is 0.0776. The molecule has 1 aromatic heterocycles. The number of hydrogen-bond acceptors (Lipinski definition) is 4. The van der Waals surface area contributed by atoms with E-state index in [-0.39, 0.29) is 5.69 Å². The van der Waals surface area contributed by atoms with Crippen molar-refractivity contribution in [1.29, 1.82) is 0 Å². The van der Waals surface area contributed by atoms with Crippen molar-refractivity contribution in [3.63, 3.8) is 0 Å². The highest BCUT2D eigenvalue weighted by Crippen LogP contribution is 2.21. The third-order valence-electron chi connectivity index (χ3n) is 2.50. The zero-order valence-electron chi connectivity index (χ0n) is 9.61. The largest absolute Gasteiger partial charge is 0.476 e. The number of benzene rings is 1. The van der Waals surface area contributed by atoms with E-state index in [1.165, 1.54) is 9.64 Å². The molecule has 18 heavy (non-hydrogen) atoms. The Labute approximate surface area is 117 Å². The van der Waals surface area contributed by atoms with Gasteiger partial charge in [0, 0.05) is 15.3 Å². The molecule has 0 atom stereocenters. The molecule has 0 aliphatic heterocycles. The van der Waals surface area contributed by atoms with Gasteiger partial charge in [0.05, 0.1) is 6.54 Å². The SMILES string of the molecule is Cc1c(I)cccc1NCc1cc(C(=O)O)no1. The maximum absolute atomic E-state index is 10.6. The van der Waals surface area contributed by atoms with Crippen molar-refractivity contribution in [2.45, 2.75) is 13.5 Å². The van der Waals surface area contributed by atoms with Crippen molar-refractivity contribution >= 4 is 34.2 Å². The lowest BCUT2D eigenvalue weighted by Gasteiger charge is -2.08. The van der Waals surface area contributed by atoms with Crippen molar-refractivity contribution in [2.75, 3.05) is 5.32 Å². The Morgan fingerprint density at radius 2 is 2.33 bits per heavy atom. The second-order valence-electron chi connectivity index (χ2n) is 3.75. The van der Waals surface area contributed by atoms with Crippen LogP contribution in [0.25, 0.3) is 0 Å². The lowest BCUT2D eigenvalue weighted by molar-refractivity contribution is 0.0685. The van der Waals surface area contributed by atoms with Crippen LogP contribution in [0.3, 0.4) is 0 Å². The Kier molecular flexibility index (Phi) is 3.85. The minimum Gasteiger partial charge on any atom is -0.476 e. The molecule has 0 amide bonds. The summed E-state index contributed by atoms with van der Waals surface area (Å²) in [5, 5.41) is 15.4. The van der Waals surface area contributed by atoms with Crippen LogP contribution >= 0.6 is 22.6 Å². The van der Waals surface area contributed by atoms with Crippen molar-refractivity contribution in [1.82, 2.24) is 5.16 Å². The molecule has 2 N–H and O–H groups in total. The first-order chi connectivity index (χ1) is 8.58. The Balaban J connectivity index is 2.07. The molecule has 0 bridgehead atoms. The average molecular weight is 358 g/mol. The summed E-state index contributed by atoms with van der Waals surface area (Å²) in [6.07, 6.45) is 0. The molecule has 1 heterocycles. The molecular weight excluding hydrogens is 347 g/mol. The molecular formula is C12H11IN2O3. The van der Waals surface area contributed by atoms with E-state index in [1.54, 1.807) is 0 Å². The number of aromatic carboxylic acids is 1. The summed E-state index contributed by atoms with van der Waals surface area (Å²) in [4.78, 5) is 10.6. The van der Waals surface area contributed by atoms with Gasteiger partial charge >= 0.3 is 5.97 Å². The molecule has 6 heteroatoms. The molecule has 5 nitrogen and oxygen atoms in total. The van der Waals surface area contributed by atoms with Crippen molar-refractivity contribution < 1.29 is 14.4 Å². The fraction of sp³-hybridized carbons (Fsp3) is 0.167. The number of carboxylic acid groups (broad SMARTS) is 1. The average Bonchev–Trinajstić information content (AvgIpc) is 2.80. The van der Waals surface area contributed by atoms with Gasteiger partial charge in [-0.15, -0.1) is 0 Å². The number of nitrogens with one attached hydrogen (secondary N) is 1. The number of anilines is 1. The second kappa shape index (κ2) is 5.38. The van der Waals surface area contributed by atoms with Crippen LogP contribution in [-0.4, -0.2) is 16.2 Å². The van der Waals surface area contributed by atoms with Crippen LogP contribution < -0.4 is 5.32 Å². The first-order valence-electron chi connectivity index (χ1n) is 5.26. The van der Waals surface area contributed by atoms with Gasteiger partial charge in [0.25, 0.3) is 0 Å². The summed E-state index contributed by atoms with van der Waals surface area (Å²) >= 11 is 2.26. The van der Waals surface area contributed by atoms with Crippen molar-refractivity contribution in [2.24, 2.45) is 0 Å². The highest BCUT2D eigenvalue weighted by atomic mass is 127.